The highest BCUT2D eigenvalue weighted by Crippen LogP contribution is 2.17. The molecule has 0 aliphatic carbocycles. The summed E-state index contributed by atoms with van der Waals surface area (Å²) in [5.74, 6) is 0.547. The summed E-state index contributed by atoms with van der Waals surface area (Å²) in [6.07, 6.45) is 2.00. The zero-order valence-corrected chi connectivity index (χ0v) is 19.2. The van der Waals surface area contributed by atoms with Gasteiger partial charge in [0.05, 0.1) is 0 Å². The van der Waals surface area contributed by atoms with Crippen LogP contribution in [-0.2, 0) is 4.74 Å². The zero-order chi connectivity index (χ0) is 18.6. The highest BCUT2D eigenvalue weighted by molar-refractivity contribution is 14.0. The maximum Gasteiger partial charge on any atom is 0.188 e. The van der Waals surface area contributed by atoms with E-state index >= 15 is 0 Å². The molecule has 1 aromatic carbocycles. The summed E-state index contributed by atoms with van der Waals surface area (Å²) in [4.78, 5) is 9.33. The Morgan fingerprint density at radius 1 is 1.22 bits per heavy atom. The fourth-order valence-electron chi connectivity index (χ4n) is 3.14. The number of ether oxygens (including phenoxy) is 1. The van der Waals surface area contributed by atoms with Gasteiger partial charge in [0.15, 0.2) is 5.96 Å². The molecule has 0 spiro atoms. The van der Waals surface area contributed by atoms with Crippen LogP contribution in [0.3, 0.4) is 0 Å². The third-order valence-corrected chi connectivity index (χ3v) is 4.63. The van der Waals surface area contributed by atoms with Gasteiger partial charge in [-0.1, -0.05) is 12.1 Å². The van der Waals surface area contributed by atoms with Crippen LogP contribution in [-0.4, -0.2) is 69.9 Å². The predicted octanol–water partition coefficient (Wildman–Crippen LogP) is 2.46. The molecule has 0 saturated carbocycles. The van der Waals surface area contributed by atoms with E-state index in [1.165, 1.54) is 11.3 Å². The second-order valence-electron chi connectivity index (χ2n) is 6.77. The summed E-state index contributed by atoms with van der Waals surface area (Å²) in [6.45, 7) is 12.8. The lowest BCUT2D eigenvalue weighted by molar-refractivity contribution is 0.146. The average Bonchev–Trinajstić information content (AvgIpc) is 2.65. The first-order valence-electron chi connectivity index (χ1n) is 9.84. The monoisotopic (exact) mass is 489 g/mol. The van der Waals surface area contributed by atoms with Gasteiger partial charge in [-0.25, -0.2) is 0 Å². The number of piperazine rings is 1. The van der Waals surface area contributed by atoms with E-state index in [1.54, 1.807) is 0 Å². The Labute approximate surface area is 181 Å². The SMILES string of the molecule is CCOCCCN=C(N)NCCCN1CCN(c2cccc(C)c2)CC1.I. The molecule has 154 valence electrons. The number of hydrogen-bond donors (Lipinski definition) is 2. The highest BCUT2D eigenvalue weighted by atomic mass is 127. The first kappa shape index (κ1) is 24.0. The molecule has 1 aromatic rings. The molecule has 0 atom stereocenters. The van der Waals surface area contributed by atoms with Crippen molar-refractivity contribution < 1.29 is 4.74 Å². The summed E-state index contributed by atoms with van der Waals surface area (Å²) in [5, 5.41) is 3.20. The first-order chi connectivity index (χ1) is 12.7. The molecule has 1 fully saturated rings. The van der Waals surface area contributed by atoms with Crippen molar-refractivity contribution in [2.45, 2.75) is 26.7 Å². The standard InChI is InChI=1S/C20H35N5O.HI/c1-3-26-16-6-10-23-20(21)22-9-5-11-24-12-14-25(15-13-24)19-8-4-7-18(2)17-19;/h4,7-8,17H,3,5-6,9-16H2,1-2H3,(H3,21,22,23);1H. The molecule has 1 heterocycles. The minimum Gasteiger partial charge on any atom is -0.382 e. The van der Waals surface area contributed by atoms with E-state index in [4.69, 9.17) is 10.5 Å². The van der Waals surface area contributed by atoms with Crippen LogP contribution in [0.4, 0.5) is 5.69 Å². The van der Waals surface area contributed by atoms with E-state index in [0.717, 1.165) is 71.9 Å². The van der Waals surface area contributed by atoms with Gasteiger partial charge < -0.3 is 20.7 Å². The number of guanidine groups is 1. The molecule has 6 nitrogen and oxygen atoms in total. The topological polar surface area (TPSA) is 66.1 Å². The van der Waals surface area contributed by atoms with Crippen molar-refractivity contribution in [2.24, 2.45) is 10.7 Å². The Morgan fingerprint density at radius 3 is 2.70 bits per heavy atom. The van der Waals surface area contributed by atoms with Crippen molar-refractivity contribution in [3.05, 3.63) is 29.8 Å². The average molecular weight is 489 g/mol. The molecule has 7 heteroatoms. The Kier molecular flexibility index (Phi) is 12.4. The Morgan fingerprint density at radius 2 is 2.00 bits per heavy atom. The zero-order valence-electron chi connectivity index (χ0n) is 16.8. The largest absolute Gasteiger partial charge is 0.382 e. The minimum absolute atomic E-state index is 0. The van der Waals surface area contributed by atoms with Gasteiger partial charge in [-0.3, -0.25) is 9.89 Å². The van der Waals surface area contributed by atoms with Gasteiger partial charge in [-0.05, 0) is 50.9 Å². The number of aryl methyl sites for hydroxylation is 1. The number of nitrogens with two attached hydrogens (primary N) is 1. The summed E-state index contributed by atoms with van der Waals surface area (Å²) in [6, 6.07) is 8.78. The first-order valence-corrected chi connectivity index (χ1v) is 9.84. The lowest BCUT2D eigenvalue weighted by atomic mass is 10.2. The van der Waals surface area contributed by atoms with Gasteiger partial charge in [0.25, 0.3) is 0 Å². The summed E-state index contributed by atoms with van der Waals surface area (Å²) < 4.78 is 5.28. The van der Waals surface area contributed by atoms with Gasteiger partial charge in [0.2, 0.25) is 0 Å². The van der Waals surface area contributed by atoms with E-state index < -0.39 is 0 Å². The van der Waals surface area contributed by atoms with Crippen molar-refractivity contribution in [3.8, 4) is 0 Å². The van der Waals surface area contributed by atoms with Gasteiger partial charge >= 0.3 is 0 Å². The number of hydrogen-bond acceptors (Lipinski definition) is 4. The maximum atomic E-state index is 5.88. The van der Waals surface area contributed by atoms with Crippen molar-refractivity contribution in [1.29, 1.82) is 0 Å². The normalized spacial score (nSPS) is 15.5. The van der Waals surface area contributed by atoms with Crippen LogP contribution in [0.2, 0.25) is 0 Å². The van der Waals surface area contributed by atoms with Gasteiger partial charge in [0, 0.05) is 58.2 Å². The van der Waals surface area contributed by atoms with Crippen molar-refractivity contribution >= 4 is 35.6 Å². The quantitative estimate of drug-likeness (QED) is 0.229. The molecule has 1 aliphatic rings. The van der Waals surface area contributed by atoms with E-state index in [-0.39, 0.29) is 24.0 Å². The second-order valence-corrected chi connectivity index (χ2v) is 6.77. The molecule has 0 aromatic heterocycles. The molecule has 27 heavy (non-hydrogen) atoms. The summed E-state index contributed by atoms with van der Waals surface area (Å²) in [5.41, 5.74) is 8.55. The molecular weight excluding hydrogens is 453 g/mol. The van der Waals surface area contributed by atoms with Crippen LogP contribution in [0.15, 0.2) is 29.3 Å². The molecule has 2 rings (SSSR count). The van der Waals surface area contributed by atoms with Gasteiger partial charge in [0.1, 0.15) is 0 Å². The lowest BCUT2D eigenvalue weighted by Gasteiger charge is -2.36. The molecule has 0 radical (unpaired) electrons. The number of anilines is 1. The number of benzene rings is 1. The third-order valence-electron chi connectivity index (χ3n) is 4.63. The maximum absolute atomic E-state index is 5.88. The molecule has 1 saturated heterocycles. The van der Waals surface area contributed by atoms with Gasteiger partial charge in [-0.15, -0.1) is 24.0 Å². The van der Waals surface area contributed by atoms with Crippen molar-refractivity contribution in [3.63, 3.8) is 0 Å². The van der Waals surface area contributed by atoms with Crippen molar-refractivity contribution in [1.82, 2.24) is 10.2 Å². The lowest BCUT2D eigenvalue weighted by Crippen LogP contribution is -2.47. The molecule has 1 aliphatic heterocycles. The summed E-state index contributed by atoms with van der Waals surface area (Å²) in [7, 11) is 0. The molecular formula is C20H36IN5O. The second kappa shape index (κ2) is 14.0. The number of aliphatic imine (C=N–C) groups is 1. The van der Waals surface area contributed by atoms with E-state index in [2.05, 4.69) is 51.3 Å². The number of nitrogens with zero attached hydrogens (tertiary/aromatic N) is 3. The van der Waals surface area contributed by atoms with E-state index in [1.807, 2.05) is 6.92 Å². The predicted molar refractivity (Wildman–Crippen MR) is 125 cm³/mol. The fraction of sp³-hybridized carbons (Fsp3) is 0.650. The van der Waals surface area contributed by atoms with Crippen LogP contribution in [0, 0.1) is 6.92 Å². The highest BCUT2D eigenvalue weighted by Gasteiger charge is 2.16. The van der Waals surface area contributed by atoms with E-state index in [9.17, 15) is 0 Å². The fourth-order valence-corrected chi connectivity index (χ4v) is 3.14. The minimum atomic E-state index is 0. The van der Waals surface area contributed by atoms with E-state index in [0.29, 0.717) is 5.96 Å². The molecule has 3 N–H and O–H groups in total. The van der Waals surface area contributed by atoms with Crippen LogP contribution < -0.4 is 16.0 Å². The van der Waals surface area contributed by atoms with Crippen molar-refractivity contribution in [2.75, 3.05) is 63.9 Å². The van der Waals surface area contributed by atoms with Crippen LogP contribution in [0.25, 0.3) is 0 Å². The Hall–Kier alpha value is -1.06. The third kappa shape index (κ3) is 9.62. The Bertz CT molecular complexity index is 547. The van der Waals surface area contributed by atoms with Crippen LogP contribution >= 0.6 is 24.0 Å². The molecule has 0 bridgehead atoms. The number of halogens is 1. The van der Waals surface area contributed by atoms with Crippen LogP contribution in [0.5, 0.6) is 0 Å². The summed E-state index contributed by atoms with van der Waals surface area (Å²) >= 11 is 0. The molecule has 0 unspecified atom stereocenters. The number of nitrogens with one attached hydrogen (secondary N) is 1. The number of rotatable bonds is 10. The smallest absolute Gasteiger partial charge is 0.188 e. The Balaban J connectivity index is 0.00000364. The van der Waals surface area contributed by atoms with Crippen LogP contribution in [0.1, 0.15) is 25.3 Å². The van der Waals surface area contributed by atoms with Gasteiger partial charge in [-0.2, -0.15) is 0 Å². The molecule has 0 amide bonds.